The Morgan fingerprint density at radius 2 is 2.27 bits per heavy atom. The molecule has 3 heteroatoms. The van der Waals surface area contributed by atoms with Gasteiger partial charge in [0.1, 0.15) is 6.10 Å². The number of hydrogen-bond donors (Lipinski definition) is 0. The molecule has 1 radical (unpaired) electrons. The Labute approximate surface area is 66.7 Å². The van der Waals surface area contributed by atoms with Crippen LogP contribution in [0.15, 0.2) is 0 Å². The summed E-state index contributed by atoms with van der Waals surface area (Å²) < 4.78 is 9.57. The Bertz CT molecular complexity index is 129. The fourth-order valence-corrected chi connectivity index (χ4v) is 0.814. The van der Waals surface area contributed by atoms with Crippen molar-refractivity contribution in [2.24, 2.45) is 0 Å². The van der Waals surface area contributed by atoms with Crippen LogP contribution in [0.4, 0.5) is 4.79 Å². The third-order valence-electron chi connectivity index (χ3n) is 1.68. The number of carbonyl (C=O) groups is 1. The van der Waals surface area contributed by atoms with Crippen LogP contribution in [0.2, 0.25) is 0 Å². The fourth-order valence-electron chi connectivity index (χ4n) is 0.814. The topological polar surface area (TPSA) is 35.5 Å². The quantitative estimate of drug-likeness (QED) is 0.587. The van der Waals surface area contributed by atoms with Gasteiger partial charge in [0.05, 0.1) is 6.61 Å². The molecule has 0 atom stereocenters. The lowest BCUT2D eigenvalue weighted by molar-refractivity contribution is -0.00317. The minimum atomic E-state index is -0.543. The standard InChI is InChI=1S/C8H13O3/c1-2-6-10-8(9)11-7-4-3-5-7/h7H,1-6H2. The monoisotopic (exact) mass is 157 g/mol. The van der Waals surface area contributed by atoms with Crippen LogP contribution in [-0.4, -0.2) is 18.9 Å². The van der Waals surface area contributed by atoms with E-state index in [1.54, 1.807) is 0 Å². The summed E-state index contributed by atoms with van der Waals surface area (Å²) in [5.41, 5.74) is 0. The average Bonchev–Trinajstić information content (AvgIpc) is 1.93. The van der Waals surface area contributed by atoms with E-state index in [1.807, 2.05) is 0 Å². The van der Waals surface area contributed by atoms with Crippen molar-refractivity contribution < 1.29 is 14.3 Å². The summed E-state index contributed by atoms with van der Waals surface area (Å²) in [6.07, 6.45) is 3.30. The summed E-state index contributed by atoms with van der Waals surface area (Å²) in [5, 5.41) is 0. The third-order valence-corrected chi connectivity index (χ3v) is 1.68. The van der Waals surface area contributed by atoms with Crippen molar-refractivity contribution in [3.05, 3.63) is 6.92 Å². The lowest BCUT2D eigenvalue weighted by Gasteiger charge is -2.24. The molecule has 11 heavy (non-hydrogen) atoms. The number of hydrogen-bond acceptors (Lipinski definition) is 3. The van der Waals surface area contributed by atoms with Gasteiger partial charge in [-0.1, -0.05) is 0 Å². The molecule has 1 aliphatic carbocycles. The highest BCUT2D eigenvalue weighted by atomic mass is 16.7. The van der Waals surface area contributed by atoms with Crippen molar-refractivity contribution in [1.82, 2.24) is 0 Å². The minimum absolute atomic E-state index is 0.118. The molecule has 1 rings (SSSR count). The van der Waals surface area contributed by atoms with Gasteiger partial charge in [-0.05, 0) is 32.6 Å². The van der Waals surface area contributed by atoms with Crippen LogP contribution in [0.3, 0.4) is 0 Å². The van der Waals surface area contributed by atoms with Crippen LogP contribution in [0, 0.1) is 6.92 Å². The summed E-state index contributed by atoms with van der Waals surface area (Å²) in [4.78, 5) is 10.7. The molecule has 0 spiro atoms. The molecule has 1 fully saturated rings. The van der Waals surface area contributed by atoms with Crippen molar-refractivity contribution in [1.29, 1.82) is 0 Å². The van der Waals surface area contributed by atoms with Crippen molar-refractivity contribution >= 4 is 6.16 Å². The van der Waals surface area contributed by atoms with Crippen LogP contribution in [0.5, 0.6) is 0 Å². The van der Waals surface area contributed by atoms with E-state index in [2.05, 4.69) is 11.7 Å². The van der Waals surface area contributed by atoms with Crippen LogP contribution in [0.25, 0.3) is 0 Å². The van der Waals surface area contributed by atoms with E-state index in [-0.39, 0.29) is 6.10 Å². The highest BCUT2D eigenvalue weighted by molar-refractivity contribution is 5.60. The minimum Gasteiger partial charge on any atom is -0.434 e. The van der Waals surface area contributed by atoms with Gasteiger partial charge < -0.3 is 9.47 Å². The summed E-state index contributed by atoms with van der Waals surface area (Å²) in [5.74, 6) is 0. The number of ether oxygens (including phenoxy) is 2. The zero-order chi connectivity index (χ0) is 8.10. The van der Waals surface area contributed by atoms with E-state index in [0.717, 1.165) is 19.3 Å². The Morgan fingerprint density at radius 1 is 1.55 bits per heavy atom. The second kappa shape index (κ2) is 4.21. The second-order valence-corrected chi connectivity index (χ2v) is 2.62. The molecule has 0 aliphatic heterocycles. The Balaban J connectivity index is 2.00. The molecule has 0 bridgehead atoms. The van der Waals surface area contributed by atoms with E-state index in [9.17, 15) is 4.79 Å². The maximum Gasteiger partial charge on any atom is 0.508 e. The molecule has 1 aliphatic rings. The smallest absolute Gasteiger partial charge is 0.434 e. The molecular weight excluding hydrogens is 144 g/mol. The molecule has 0 heterocycles. The van der Waals surface area contributed by atoms with E-state index in [1.165, 1.54) is 0 Å². The normalized spacial score (nSPS) is 17.2. The maximum absolute atomic E-state index is 10.7. The largest absolute Gasteiger partial charge is 0.508 e. The third kappa shape index (κ3) is 2.78. The predicted octanol–water partition coefficient (Wildman–Crippen LogP) is 1.92. The van der Waals surface area contributed by atoms with Crippen LogP contribution in [0.1, 0.15) is 25.7 Å². The molecule has 0 aromatic rings. The van der Waals surface area contributed by atoms with Crippen molar-refractivity contribution in [2.75, 3.05) is 6.61 Å². The van der Waals surface area contributed by atoms with Crippen molar-refractivity contribution in [2.45, 2.75) is 31.8 Å². The average molecular weight is 157 g/mol. The first-order valence-electron chi connectivity index (χ1n) is 3.95. The molecule has 63 valence electrons. The Kier molecular flexibility index (Phi) is 3.20. The molecule has 0 unspecified atom stereocenters. The molecule has 1 saturated carbocycles. The molecule has 0 amide bonds. The lowest BCUT2D eigenvalue weighted by Crippen LogP contribution is -2.25. The second-order valence-electron chi connectivity index (χ2n) is 2.62. The van der Waals surface area contributed by atoms with Crippen molar-refractivity contribution in [3.8, 4) is 0 Å². The van der Waals surface area contributed by atoms with Gasteiger partial charge >= 0.3 is 6.16 Å². The highest BCUT2D eigenvalue weighted by Crippen LogP contribution is 2.22. The summed E-state index contributed by atoms with van der Waals surface area (Å²) >= 11 is 0. The van der Waals surface area contributed by atoms with Gasteiger partial charge in [0, 0.05) is 0 Å². The first kappa shape index (κ1) is 8.37. The fraction of sp³-hybridized carbons (Fsp3) is 0.750. The lowest BCUT2D eigenvalue weighted by atomic mass is 9.96. The van der Waals surface area contributed by atoms with Gasteiger partial charge in [0.25, 0.3) is 0 Å². The van der Waals surface area contributed by atoms with E-state index < -0.39 is 6.16 Å². The summed E-state index contributed by atoms with van der Waals surface area (Å²) in [6.45, 7) is 3.89. The van der Waals surface area contributed by atoms with Crippen LogP contribution < -0.4 is 0 Å². The molecule has 0 aromatic carbocycles. The maximum atomic E-state index is 10.7. The number of rotatable bonds is 3. The van der Waals surface area contributed by atoms with Gasteiger partial charge in [0.15, 0.2) is 0 Å². The molecule has 0 saturated heterocycles. The van der Waals surface area contributed by atoms with Gasteiger partial charge in [-0.15, -0.1) is 0 Å². The summed E-state index contributed by atoms with van der Waals surface area (Å²) in [6, 6.07) is 0. The van der Waals surface area contributed by atoms with E-state index in [0.29, 0.717) is 13.0 Å². The predicted molar refractivity (Wildman–Crippen MR) is 40.0 cm³/mol. The Hall–Kier alpha value is -0.730. The highest BCUT2D eigenvalue weighted by Gasteiger charge is 2.21. The van der Waals surface area contributed by atoms with Crippen molar-refractivity contribution in [3.63, 3.8) is 0 Å². The van der Waals surface area contributed by atoms with Gasteiger partial charge in [-0.3, -0.25) is 0 Å². The zero-order valence-corrected chi connectivity index (χ0v) is 6.54. The molecule has 3 nitrogen and oxygen atoms in total. The molecule has 0 aromatic heterocycles. The van der Waals surface area contributed by atoms with Gasteiger partial charge in [-0.25, -0.2) is 4.79 Å². The zero-order valence-electron chi connectivity index (χ0n) is 6.54. The van der Waals surface area contributed by atoms with Gasteiger partial charge in [-0.2, -0.15) is 0 Å². The molecule has 0 N–H and O–H groups in total. The van der Waals surface area contributed by atoms with E-state index in [4.69, 9.17) is 4.74 Å². The first-order chi connectivity index (χ1) is 5.33. The summed E-state index contributed by atoms with van der Waals surface area (Å²) in [7, 11) is 0. The molecular formula is C8H13O3. The SMILES string of the molecule is [CH2]CCOC(=O)OC1CCC1. The number of carbonyl (C=O) groups excluding carboxylic acids is 1. The van der Waals surface area contributed by atoms with Gasteiger partial charge in [0.2, 0.25) is 0 Å². The van der Waals surface area contributed by atoms with Crippen LogP contribution >= 0.6 is 0 Å². The Morgan fingerprint density at radius 3 is 2.73 bits per heavy atom. The van der Waals surface area contributed by atoms with Crippen LogP contribution in [-0.2, 0) is 9.47 Å². The first-order valence-corrected chi connectivity index (χ1v) is 3.95. The van der Waals surface area contributed by atoms with E-state index >= 15 is 0 Å².